The molecule has 0 aliphatic carbocycles. The van der Waals surface area contributed by atoms with E-state index >= 15 is 0 Å². The third kappa shape index (κ3) is 3.21. The third-order valence-electron chi connectivity index (χ3n) is 2.32. The molecule has 11 heavy (non-hydrogen) atoms. The van der Waals surface area contributed by atoms with Crippen molar-refractivity contribution in [1.82, 2.24) is 0 Å². The quantitative estimate of drug-likeness (QED) is 0.672. The number of ether oxygens (including phenoxy) is 1. The van der Waals surface area contributed by atoms with E-state index < -0.39 is 0 Å². The number of hydrogen-bond donors (Lipinski definition) is 1. The molecule has 2 nitrogen and oxygen atoms in total. The smallest absolute Gasteiger partial charge is 0.0495 e. The molecule has 0 bridgehead atoms. The second-order valence-electron chi connectivity index (χ2n) is 3.51. The first-order valence-electron chi connectivity index (χ1n) is 4.66. The molecule has 1 aliphatic heterocycles. The van der Waals surface area contributed by atoms with Gasteiger partial charge in [0, 0.05) is 19.3 Å². The Morgan fingerprint density at radius 1 is 1.64 bits per heavy atom. The molecule has 66 valence electrons. The molecule has 0 radical (unpaired) electrons. The van der Waals surface area contributed by atoms with E-state index in [0.29, 0.717) is 6.04 Å². The lowest BCUT2D eigenvalue weighted by atomic mass is 9.97. The second kappa shape index (κ2) is 4.73. The lowest BCUT2D eigenvalue weighted by Gasteiger charge is -2.13. The van der Waals surface area contributed by atoms with Crippen molar-refractivity contribution < 1.29 is 4.74 Å². The molecule has 0 aromatic rings. The molecule has 0 saturated carbocycles. The molecule has 1 unspecified atom stereocenters. The topological polar surface area (TPSA) is 35.2 Å². The molecule has 1 fully saturated rings. The van der Waals surface area contributed by atoms with Crippen LogP contribution in [-0.2, 0) is 4.74 Å². The minimum atomic E-state index is 0.409. The molecule has 1 saturated heterocycles. The Kier molecular flexibility index (Phi) is 3.87. The first-order chi connectivity index (χ1) is 5.33. The molecule has 2 atom stereocenters. The largest absolute Gasteiger partial charge is 0.381 e. The van der Waals surface area contributed by atoms with Gasteiger partial charge in [-0.05, 0) is 25.2 Å². The summed E-state index contributed by atoms with van der Waals surface area (Å²) in [6.07, 6.45) is 4.75. The van der Waals surface area contributed by atoms with Gasteiger partial charge < -0.3 is 10.5 Å². The summed E-state index contributed by atoms with van der Waals surface area (Å²) in [6, 6.07) is 0.409. The Bertz CT molecular complexity index is 99.7. The minimum Gasteiger partial charge on any atom is -0.381 e. The van der Waals surface area contributed by atoms with Gasteiger partial charge in [0.05, 0.1) is 0 Å². The van der Waals surface area contributed by atoms with Crippen molar-refractivity contribution in [3.05, 3.63) is 0 Å². The first-order valence-corrected chi connectivity index (χ1v) is 4.66. The lowest BCUT2D eigenvalue weighted by Crippen LogP contribution is -2.23. The average Bonchev–Trinajstić information content (AvgIpc) is 2.40. The molecular formula is C9H19NO. The van der Waals surface area contributed by atoms with E-state index in [1.807, 2.05) is 0 Å². The van der Waals surface area contributed by atoms with Crippen molar-refractivity contribution in [2.75, 3.05) is 13.2 Å². The predicted octanol–water partition coefficient (Wildman–Crippen LogP) is 1.54. The Morgan fingerprint density at radius 2 is 2.45 bits per heavy atom. The summed E-state index contributed by atoms with van der Waals surface area (Å²) >= 11 is 0. The maximum Gasteiger partial charge on any atom is 0.0495 e. The second-order valence-corrected chi connectivity index (χ2v) is 3.51. The average molecular weight is 157 g/mol. The van der Waals surface area contributed by atoms with Crippen LogP contribution in [0.25, 0.3) is 0 Å². The fourth-order valence-corrected chi connectivity index (χ4v) is 1.69. The maximum absolute atomic E-state index is 5.91. The number of nitrogens with two attached hydrogens (primary N) is 1. The van der Waals surface area contributed by atoms with E-state index in [1.54, 1.807) is 0 Å². The number of rotatable bonds is 4. The van der Waals surface area contributed by atoms with Gasteiger partial charge in [0.1, 0.15) is 0 Å². The van der Waals surface area contributed by atoms with Gasteiger partial charge in [-0.2, -0.15) is 0 Å². The summed E-state index contributed by atoms with van der Waals surface area (Å²) in [5.41, 5.74) is 5.91. The Labute approximate surface area is 69.1 Å². The van der Waals surface area contributed by atoms with Gasteiger partial charge in [0.15, 0.2) is 0 Å². The van der Waals surface area contributed by atoms with Crippen LogP contribution in [0.15, 0.2) is 0 Å². The Morgan fingerprint density at radius 3 is 3.00 bits per heavy atom. The summed E-state index contributed by atoms with van der Waals surface area (Å²) in [6.45, 7) is 4.08. The molecule has 1 rings (SSSR count). The fourth-order valence-electron chi connectivity index (χ4n) is 1.69. The van der Waals surface area contributed by atoms with Crippen LogP contribution in [0.4, 0.5) is 0 Å². The van der Waals surface area contributed by atoms with Gasteiger partial charge in [0.25, 0.3) is 0 Å². The highest BCUT2D eigenvalue weighted by molar-refractivity contribution is 4.71. The number of hydrogen-bond acceptors (Lipinski definition) is 2. The normalized spacial score (nSPS) is 27.3. The van der Waals surface area contributed by atoms with Crippen LogP contribution < -0.4 is 5.73 Å². The zero-order chi connectivity index (χ0) is 8.10. The van der Waals surface area contributed by atoms with Crippen LogP contribution in [0.3, 0.4) is 0 Å². The van der Waals surface area contributed by atoms with Crippen LogP contribution in [-0.4, -0.2) is 19.3 Å². The SMILES string of the molecule is CCC[C@H](N)CC1CCOC1. The van der Waals surface area contributed by atoms with E-state index in [9.17, 15) is 0 Å². The highest BCUT2D eigenvalue weighted by atomic mass is 16.5. The first kappa shape index (κ1) is 9.01. The standard InChI is InChI=1S/C9H19NO/c1-2-3-9(10)6-8-4-5-11-7-8/h8-9H,2-7,10H2,1H3/t8?,9-/m0/s1. The lowest BCUT2D eigenvalue weighted by molar-refractivity contribution is 0.182. The van der Waals surface area contributed by atoms with Crippen LogP contribution in [0, 0.1) is 5.92 Å². The van der Waals surface area contributed by atoms with Crippen LogP contribution in [0.1, 0.15) is 32.6 Å². The van der Waals surface area contributed by atoms with E-state index in [-0.39, 0.29) is 0 Å². The Balaban J connectivity index is 2.08. The highest BCUT2D eigenvalue weighted by Gasteiger charge is 2.17. The summed E-state index contributed by atoms with van der Waals surface area (Å²) in [5.74, 6) is 0.747. The van der Waals surface area contributed by atoms with Crippen LogP contribution >= 0.6 is 0 Å². The maximum atomic E-state index is 5.91. The summed E-state index contributed by atoms with van der Waals surface area (Å²) in [5, 5.41) is 0. The molecule has 2 heteroatoms. The van der Waals surface area contributed by atoms with Crippen molar-refractivity contribution in [2.24, 2.45) is 11.7 Å². The predicted molar refractivity (Wildman–Crippen MR) is 46.4 cm³/mol. The van der Waals surface area contributed by atoms with Gasteiger partial charge in [-0.3, -0.25) is 0 Å². The molecule has 0 aromatic heterocycles. The van der Waals surface area contributed by atoms with Gasteiger partial charge in [0.2, 0.25) is 0 Å². The molecule has 0 spiro atoms. The van der Waals surface area contributed by atoms with E-state index in [0.717, 1.165) is 32.0 Å². The van der Waals surface area contributed by atoms with Gasteiger partial charge in [-0.15, -0.1) is 0 Å². The van der Waals surface area contributed by atoms with E-state index in [2.05, 4.69) is 6.92 Å². The Hall–Kier alpha value is -0.0800. The molecule has 2 N–H and O–H groups in total. The zero-order valence-corrected chi connectivity index (χ0v) is 7.38. The molecule has 0 aromatic carbocycles. The summed E-state index contributed by atoms with van der Waals surface area (Å²) in [7, 11) is 0. The van der Waals surface area contributed by atoms with Crippen LogP contribution in [0.5, 0.6) is 0 Å². The fraction of sp³-hybridized carbons (Fsp3) is 1.00. The van der Waals surface area contributed by atoms with Crippen molar-refractivity contribution in [3.8, 4) is 0 Å². The van der Waals surface area contributed by atoms with E-state index in [1.165, 1.54) is 12.8 Å². The highest BCUT2D eigenvalue weighted by Crippen LogP contribution is 2.18. The third-order valence-corrected chi connectivity index (χ3v) is 2.32. The molecular weight excluding hydrogens is 138 g/mol. The molecule has 1 heterocycles. The van der Waals surface area contributed by atoms with Crippen molar-refractivity contribution >= 4 is 0 Å². The van der Waals surface area contributed by atoms with Crippen LogP contribution in [0.2, 0.25) is 0 Å². The van der Waals surface area contributed by atoms with E-state index in [4.69, 9.17) is 10.5 Å². The monoisotopic (exact) mass is 157 g/mol. The van der Waals surface area contributed by atoms with Gasteiger partial charge >= 0.3 is 0 Å². The molecule has 1 aliphatic rings. The van der Waals surface area contributed by atoms with Crippen molar-refractivity contribution in [3.63, 3.8) is 0 Å². The van der Waals surface area contributed by atoms with Gasteiger partial charge in [-0.25, -0.2) is 0 Å². The van der Waals surface area contributed by atoms with Crippen molar-refractivity contribution in [1.29, 1.82) is 0 Å². The summed E-state index contributed by atoms with van der Waals surface area (Å²) < 4.78 is 5.28. The van der Waals surface area contributed by atoms with Gasteiger partial charge in [-0.1, -0.05) is 13.3 Å². The summed E-state index contributed by atoms with van der Waals surface area (Å²) in [4.78, 5) is 0. The minimum absolute atomic E-state index is 0.409. The van der Waals surface area contributed by atoms with Crippen molar-refractivity contribution in [2.45, 2.75) is 38.6 Å². The molecule has 0 amide bonds. The zero-order valence-electron chi connectivity index (χ0n) is 7.38.